The summed E-state index contributed by atoms with van der Waals surface area (Å²) in [5, 5.41) is 0. The molecule has 1 unspecified atom stereocenters. The first-order valence-electron chi connectivity index (χ1n) is 5.47. The van der Waals surface area contributed by atoms with Gasteiger partial charge in [0.1, 0.15) is 0 Å². The molecule has 0 heterocycles. The summed E-state index contributed by atoms with van der Waals surface area (Å²) in [5.41, 5.74) is 0. The Hall–Kier alpha value is -0.480. The van der Waals surface area contributed by atoms with Crippen LogP contribution in [0.15, 0.2) is 0 Å². The maximum atomic E-state index is 5.49. The Morgan fingerprint density at radius 3 is 2.31 bits per heavy atom. The van der Waals surface area contributed by atoms with Gasteiger partial charge in [-0.25, -0.2) is 0 Å². The van der Waals surface area contributed by atoms with E-state index >= 15 is 0 Å². The molecule has 0 spiro atoms. The molecule has 0 radical (unpaired) electrons. The Morgan fingerprint density at radius 1 is 1.15 bits per heavy atom. The quantitative estimate of drug-likeness (QED) is 0.603. The topological polar surface area (TPSA) is 9.23 Å². The first-order chi connectivity index (χ1) is 6.43. The average molecular weight is 178 g/mol. The molecular weight excluding hydrogens is 160 g/mol. The lowest BCUT2D eigenvalue weighted by molar-refractivity contribution is 0.130. The van der Waals surface area contributed by atoms with Gasteiger partial charge >= 0.3 is 0 Å². The van der Waals surface area contributed by atoms with Gasteiger partial charge in [0, 0.05) is 26.1 Å². The zero-order valence-electron chi connectivity index (χ0n) is 8.38. The van der Waals surface area contributed by atoms with E-state index in [9.17, 15) is 0 Å². The molecule has 1 heteroatoms. The van der Waals surface area contributed by atoms with E-state index in [4.69, 9.17) is 4.74 Å². The molecule has 3 atom stereocenters. The van der Waals surface area contributed by atoms with E-state index in [0.29, 0.717) is 0 Å². The molecular formula is C12H18O. The third-order valence-corrected chi connectivity index (χ3v) is 3.35. The summed E-state index contributed by atoms with van der Waals surface area (Å²) in [6, 6.07) is 0. The summed E-state index contributed by atoms with van der Waals surface area (Å²) < 4.78 is 5.49. The molecule has 2 rings (SSSR count). The van der Waals surface area contributed by atoms with Crippen molar-refractivity contribution in [3.63, 3.8) is 0 Å². The molecule has 0 aromatic heterocycles. The number of fused-ring (bicyclic) bond motifs is 1. The van der Waals surface area contributed by atoms with Gasteiger partial charge in [-0.05, 0) is 37.5 Å². The van der Waals surface area contributed by atoms with Crippen molar-refractivity contribution in [3.05, 3.63) is 0 Å². The molecule has 1 saturated carbocycles. The van der Waals surface area contributed by atoms with Crippen LogP contribution in [0.1, 0.15) is 32.6 Å². The van der Waals surface area contributed by atoms with Gasteiger partial charge in [0.15, 0.2) is 0 Å². The van der Waals surface area contributed by atoms with Crippen molar-refractivity contribution >= 4 is 0 Å². The minimum Gasteiger partial charge on any atom is -0.381 e. The number of hydrogen-bond acceptors (Lipinski definition) is 1. The molecule has 1 nitrogen and oxygen atoms in total. The molecule has 0 saturated heterocycles. The SMILES string of the molecule is CCOCC1[C@H]2CCC#CCC[C@@H]12. The van der Waals surface area contributed by atoms with Crippen LogP contribution in [-0.4, -0.2) is 13.2 Å². The van der Waals surface area contributed by atoms with Gasteiger partial charge in [0.25, 0.3) is 0 Å². The van der Waals surface area contributed by atoms with Gasteiger partial charge in [-0.1, -0.05) is 0 Å². The van der Waals surface area contributed by atoms with Crippen molar-refractivity contribution in [2.24, 2.45) is 17.8 Å². The van der Waals surface area contributed by atoms with E-state index in [1.807, 2.05) is 0 Å². The second-order valence-corrected chi connectivity index (χ2v) is 4.08. The van der Waals surface area contributed by atoms with Crippen LogP contribution in [0.5, 0.6) is 0 Å². The number of rotatable bonds is 3. The highest BCUT2D eigenvalue weighted by Gasteiger charge is 2.48. The first-order valence-corrected chi connectivity index (χ1v) is 5.47. The van der Waals surface area contributed by atoms with Crippen molar-refractivity contribution < 1.29 is 4.74 Å². The molecule has 0 bridgehead atoms. The molecule has 72 valence electrons. The van der Waals surface area contributed by atoms with Crippen LogP contribution in [-0.2, 0) is 4.74 Å². The lowest BCUT2D eigenvalue weighted by atomic mass is 10.1. The summed E-state index contributed by atoms with van der Waals surface area (Å²) in [7, 11) is 0. The molecule has 0 aromatic rings. The molecule has 2 aliphatic carbocycles. The predicted octanol–water partition coefficient (Wildman–Crippen LogP) is 2.46. The van der Waals surface area contributed by atoms with E-state index < -0.39 is 0 Å². The largest absolute Gasteiger partial charge is 0.381 e. The van der Waals surface area contributed by atoms with Crippen molar-refractivity contribution in [1.82, 2.24) is 0 Å². The zero-order chi connectivity index (χ0) is 9.10. The van der Waals surface area contributed by atoms with Gasteiger partial charge in [-0.2, -0.15) is 0 Å². The van der Waals surface area contributed by atoms with Crippen LogP contribution in [0.3, 0.4) is 0 Å². The minimum atomic E-state index is 0.863. The summed E-state index contributed by atoms with van der Waals surface area (Å²) in [5.74, 6) is 9.21. The molecule has 0 amide bonds. The molecule has 13 heavy (non-hydrogen) atoms. The van der Waals surface area contributed by atoms with Gasteiger partial charge in [0.2, 0.25) is 0 Å². The van der Waals surface area contributed by atoms with Gasteiger partial charge in [-0.15, -0.1) is 11.8 Å². The summed E-state index contributed by atoms with van der Waals surface area (Å²) in [4.78, 5) is 0. The van der Waals surface area contributed by atoms with Crippen LogP contribution >= 0.6 is 0 Å². The average Bonchev–Trinajstić information content (AvgIpc) is 2.72. The maximum absolute atomic E-state index is 5.49. The number of ether oxygens (including phenoxy) is 1. The second-order valence-electron chi connectivity index (χ2n) is 4.08. The van der Waals surface area contributed by atoms with Crippen molar-refractivity contribution in [2.45, 2.75) is 32.6 Å². The van der Waals surface area contributed by atoms with Crippen LogP contribution in [0, 0.1) is 29.6 Å². The molecule has 0 aliphatic heterocycles. The minimum absolute atomic E-state index is 0.863. The fraction of sp³-hybridized carbons (Fsp3) is 0.833. The molecule has 1 fully saturated rings. The van der Waals surface area contributed by atoms with Crippen LogP contribution in [0.25, 0.3) is 0 Å². The highest BCUT2D eigenvalue weighted by Crippen LogP contribution is 2.52. The van der Waals surface area contributed by atoms with E-state index in [1.165, 1.54) is 12.8 Å². The summed E-state index contributed by atoms with van der Waals surface area (Å²) in [6.07, 6.45) is 4.86. The second kappa shape index (κ2) is 4.15. The van der Waals surface area contributed by atoms with Gasteiger partial charge in [-0.3, -0.25) is 0 Å². The van der Waals surface area contributed by atoms with Crippen molar-refractivity contribution in [1.29, 1.82) is 0 Å². The smallest absolute Gasteiger partial charge is 0.0499 e. The normalized spacial score (nSPS) is 36.5. The lowest BCUT2D eigenvalue weighted by Crippen LogP contribution is -1.98. The van der Waals surface area contributed by atoms with Crippen molar-refractivity contribution in [2.75, 3.05) is 13.2 Å². The number of hydrogen-bond donors (Lipinski definition) is 0. The Balaban J connectivity index is 1.79. The molecule has 0 N–H and O–H groups in total. The lowest BCUT2D eigenvalue weighted by Gasteiger charge is -1.98. The van der Waals surface area contributed by atoms with E-state index in [2.05, 4.69) is 18.8 Å². The van der Waals surface area contributed by atoms with E-state index in [-0.39, 0.29) is 0 Å². The third kappa shape index (κ3) is 2.06. The fourth-order valence-electron chi connectivity index (χ4n) is 2.54. The molecule has 2 aliphatic rings. The van der Waals surface area contributed by atoms with Crippen LogP contribution in [0.4, 0.5) is 0 Å². The molecule has 0 aromatic carbocycles. The Morgan fingerprint density at radius 2 is 1.77 bits per heavy atom. The summed E-state index contributed by atoms with van der Waals surface area (Å²) in [6.45, 7) is 3.94. The van der Waals surface area contributed by atoms with Crippen molar-refractivity contribution in [3.8, 4) is 11.8 Å². The Labute approximate surface area is 80.9 Å². The fourth-order valence-corrected chi connectivity index (χ4v) is 2.54. The Bertz CT molecular complexity index is 205. The highest BCUT2D eigenvalue weighted by atomic mass is 16.5. The van der Waals surface area contributed by atoms with Gasteiger partial charge < -0.3 is 4.74 Å². The third-order valence-electron chi connectivity index (χ3n) is 3.35. The zero-order valence-corrected chi connectivity index (χ0v) is 8.38. The summed E-state index contributed by atoms with van der Waals surface area (Å²) >= 11 is 0. The van der Waals surface area contributed by atoms with Crippen LogP contribution < -0.4 is 0 Å². The first kappa shape index (κ1) is 9.09. The van der Waals surface area contributed by atoms with Crippen LogP contribution in [0.2, 0.25) is 0 Å². The maximum Gasteiger partial charge on any atom is 0.0499 e. The standard InChI is InChI=1S/C12H18O/c1-2-13-9-12-10-7-5-3-4-6-8-11(10)12/h10-12H,2,5-9H2,1H3/t10-,11+,12?. The van der Waals surface area contributed by atoms with E-state index in [0.717, 1.165) is 43.8 Å². The van der Waals surface area contributed by atoms with E-state index in [1.54, 1.807) is 0 Å². The predicted molar refractivity (Wildman–Crippen MR) is 53.2 cm³/mol. The monoisotopic (exact) mass is 178 g/mol. The Kier molecular flexibility index (Phi) is 2.90. The highest BCUT2D eigenvalue weighted by molar-refractivity contribution is 5.07. The van der Waals surface area contributed by atoms with Gasteiger partial charge in [0.05, 0.1) is 0 Å².